The van der Waals surface area contributed by atoms with Crippen molar-refractivity contribution >= 4 is 0 Å². The molecule has 0 saturated carbocycles. The van der Waals surface area contributed by atoms with E-state index in [1.165, 1.54) is 12.8 Å². The summed E-state index contributed by atoms with van der Waals surface area (Å²) in [7, 11) is 0. The highest BCUT2D eigenvalue weighted by atomic mass is 16.5. The van der Waals surface area contributed by atoms with Gasteiger partial charge in [0.15, 0.2) is 0 Å². The summed E-state index contributed by atoms with van der Waals surface area (Å²) < 4.78 is 17.7. The number of nitrogens with zero attached hydrogens (tertiary/aromatic N) is 1. The van der Waals surface area contributed by atoms with Crippen molar-refractivity contribution in [3.8, 4) is 0 Å². The van der Waals surface area contributed by atoms with Gasteiger partial charge in [-0.05, 0) is 38.0 Å². The molecule has 0 aliphatic carbocycles. The van der Waals surface area contributed by atoms with Crippen molar-refractivity contribution in [2.24, 2.45) is 11.3 Å². The van der Waals surface area contributed by atoms with Crippen LogP contribution in [0.5, 0.6) is 0 Å². The van der Waals surface area contributed by atoms with Crippen LogP contribution in [0.2, 0.25) is 0 Å². The quantitative estimate of drug-likeness (QED) is 0.705. The lowest BCUT2D eigenvalue weighted by atomic mass is 9.73. The summed E-state index contributed by atoms with van der Waals surface area (Å²) in [5, 5.41) is 0. The van der Waals surface area contributed by atoms with Crippen molar-refractivity contribution in [3.63, 3.8) is 0 Å². The van der Waals surface area contributed by atoms with Crippen LogP contribution in [0, 0.1) is 11.3 Å². The molecule has 0 aromatic carbocycles. The van der Waals surface area contributed by atoms with E-state index in [0.717, 1.165) is 71.9 Å². The Morgan fingerprint density at radius 2 is 2.09 bits per heavy atom. The van der Waals surface area contributed by atoms with Gasteiger partial charge in [0.25, 0.3) is 0 Å². The van der Waals surface area contributed by atoms with Gasteiger partial charge in [0.2, 0.25) is 0 Å². The maximum atomic E-state index is 6.21. The summed E-state index contributed by atoms with van der Waals surface area (Å²) in [4.78, 5) is 2.51. The van der Waals surface area contributed by atoms with Crippen molar-refractivity contribution in [3.05, 3.63) is 12.7 Å². The third-order valence-electron chi connectivity index (χ3n) is 5.54. The van der Waals surface area contributed by atoms with Crippen LogP contribution in [0.25, 0.3) is 0 Å². The zero-order valence-corrected chi connectivity index (χ0v) is 13.8. The van der Waals surface area contributed by atoms with Crippen LogP contribution < -0.4 is 0 Å². The molecule has 0 N–H and O–H groups in total. The molecule has 0 unspecified atom stereocenters. The lowest BCUT2D eigenvalue weighted by Gasteiger charge is -2.50. The van der Waals surface area contributed by atoms with E-state index >= 15 is 0 Å². The first-order chi connectivity index (χ1) is 10.8. The van der Waals surface area contributed by atoms with Gasteiger partial charge in [0.05, 0.1) is 12.7 Å². The van der Waals surface area contributed by atoms with E-state index in [1.54, 1.807) is 0 Å². The van der Waals surface area contributed by atoms with E-state index in [2.05, 4.69) is 11.5 Å². The van der Waals surface area contributed by atoms with Crippen LogP contribution in [-0.4, -0.2) is 63.7 Å². The van der Waals surface area contributed by atoms with Gasteiger partial charge in [-0.1, -0.05) is 6.08 Å². The molecule has 3 heterocycles. The highest BCUT2D eigenvalue weighted by molar-refractivity contribution is 4.97. The van der Waals surface area contributed by atoms with E-state index < -0.39 is 0 Å². The Morgan fingerprint density at radius 1 is 1.23 bits per heavy atom. The Bertz CT molecular complexity index is 356. The molecule has 4 nitrogen and oxygen atoms in total. The third-order valence-corrected chi connectivity index (χ3v) is 5.54. The average molecular weight is 309 g/mol. The smallest absolute Gasteiger partial charge is 0.0677 e. The summed E-state index contributed by atoms with van der Waals surface area (Å²) in [6, 6.07) is 0. The molecule has 3 aliphatic rings. The molecule has 0 aromatic rings. The minimum absolute atomic E-state index is 0.199. The van der Waals surface area contributed by atoms with Gasteiger partial charge in [-0.3, -0.25) is 4.90 Å². The normalized spacial score (nSPS) is 34.3. The second-order valence-electron chi connectivity index (χ2n) is 7.21. The van der Waals surface area contributed by atoms with E-state index in [0.29, 0.717) is 12.0 Å². The molecule has 0 radical (unpaired) electrons. The van der Waals surface area contributed by atoms with Gasteiger partial charge in [-0.15, -0.1) is 6.58 Å². The zero-order valence-electron chi connectivity index (χ0n) is 13.8. The van der Waals surface area contributed by atoms with Gasteiger partial charge >= 0.3 is 0 Å². The minimum atomic E-state index is 0.199. The molecule has 0 aromatic heterocycles. The Morgan fingerprint density at radius 3 is 2.91 bits per heavy atom. The lowest BCUT2D eigenvalue weighted by molar-refractivity contribution is -0.154. The highest BCUT2D eigenvalue weighted by Crippen LogP contribution is 2.40. The fourth-order valence-corrected chi connectivity index (χ4v) is 4.27. The van der Waals surface area contributed by atoms with Crippen LogP contribution in [0.1, 0.15) is 32.1 Å². The monoisotopic (exact) mass is 309 g/mol. The first-order valence-electron chi connectivity index (χ1n) is 8.93. The summed E-state index contributed by atoms with van der Waals surface area (Å²) in [5.74, 6) is 0.681. The van der Waals surface area contributed by atoms with Gasteiger partial charge < -0.3 is 14.2 Å². The van der Waals surface area contributed by atoms with Crippen molar-refractivity contribution in [1.82, 2.24) is 4.90 Å². The Kier molecular flexibility index (Phi) is 5.91. The van der Waals surface area contributed by atoms with E-state index in [1.807, 2.05) is 6.08 Å². The van der Waals surface area contributed by atoms with Crippen LogP contribution >= 0.6 is 0 Å². The predicted molar refractivity (Wildman–Crippen MR) is 87.0 cm³/mol. The second-order valence-corrected chi connectivity index (χ2v) is 7.21. The number of rotatable bonds is 6. The maximum Gasteiger partial charge on any atom is 0.0677 e. The number of ether oxygens (including phenoxy) is 3. The molecule has 3 saturated heterocycles. The standard InChI is InChI=1S/C18H31NO3/c1-2-8-19-9-4-17-18(14-19,7-3-10-22-17)15-21-13-16-5-11-20-12-6-16/h2,16-17H,1,3-15H2/t17-,18+/m0/s1. The molecule has 22 heavy (non-hydrogen) atoms. The Hall–Kier alpha value is -0.420. The van der Waals surface area contributed by atoms with E-state index in [4.69, 9.17) is 14.2 Å². The predicted octanol–water partition coefficient (Wildman–Crippen LogP) is 2.49. The SMILES string of the molecule is C=CCN1CC[C@@H]2OCCC[C@]2(COCC2CCOCC2)C1. The first kappa shape index (κ1) is 16.4. The fraction of sp³-hybridized carbons (Fsp3) is 0.889. The van der Waals surface area contributed by atoms with E-state index in [9.17, 15) is 0 Å². The summed E-state index contributed by atoms with van der Waals surface area (Å²) in [5.41, 5.74) is 0.199. The molecule has 126 valence electrons. The molecule has 0 spiro atoms. The van der Waals surface area contributed by atoms with Crippen molar-refractivity contribution in [2.45, 2.75) is 38.2 Å². The Balaban J connectivity index is 1.54. The number of likely N-dealkylation sites (tertiary alicyclic amines) is 1. The number of piperidine rings is 1. The molecule has 2 atom stereocenters. The van der Waals surface area contributed by atoms with Crippen molar-refractivity contribution in [1.29, 1.82) is 0 Å². The van der Waals surface area contributed by atoms with Gasteiger partial charge in [-0.2, -0.15) is 0 Å². The third kappa shape index (κ3) is 3.91. The number of hydrogen-bond acceptors (Lipinski definition) is 4. The molecule has 4 heteroatoms. The van der Waals surface area contributed by atoms with Gasteiger partial charge in [0.1, 0.15) is 0 Å². The van der Waals surface area contributed by atoms with Crippen molar-refractivity contribution < 1.29 is 14.2 Å². The van der Waals surface area contributed by atoms with Gasteiger partial charge in [-0.25, -0.2) is 0 Å². The van der Waals surface area contributed by atoms with Crippen molar-refractivity contribution in [2.75, 3.05) is 52.7 Å². The molecular weight excluding hydrogens is 278 g/mol. The average Bonchev–Trinajstić information content (AvgIpc) is 2.56. The summed E-state index contributed by atoms with van der Waals surface area (Å²) in [6.45, 7) is 11.6. The first-order valence-corrected chi connectivity index (χ1v) is 8.93. The molecule has 0 amide bonds. The fourth-order valence-electron chi connectivity index (χ4n) is 4.27. The van der Waals surface area contributed by atoms with Crippen LogP contribution in [0.4, 0.5) is 0 Å². The van der Waals surface area contributed by atoms with Crippen LogP contribution in [0.3, 0.4) is 0 Å². The molecular formula is C18H31NO3. The summed E-state index contributed by atoms with van der Waals surface area (Å²) in [6.07, 6.45) is 8.23. The van der Waals surface area contributed by atoms with E-state index in [-0.39, 0.29) is 5.41 Å². The largest absolute Gasteiger partial charge is 0.381 e. The van der Waals surface area contributed by atoms with Crippen LogP contribution in [-0.2, 0) is 14.2 Å². The summed E-state index contributed by atoms with van der Waals surface area (Å²) >= 11 is 0. The molecule has 3 rings (SSSR count). The Labute approximate surface area is 134 Å². The topological polar surface area (TPSA) is 30.9 Å². The molecule has 3 aliphatic heterocycles. The van der Waals surface area contributed by atoms with Gasteiger partial charge in [0, 0.05) is 51.5 Å². The maximum absolute atomic E-state index is 6.21. The number of fused-ring (bicyclic) bond motifs is 1. The molecule has 3 fully saturated rings. The lowest BCUT2D eigenvalue weighted by Crippen LogP contribution is -2.57. The van der Waals surface area contributed by atoms with Crippen LogP contribution in [0.15, 0.2) is 12.7 Å². The second kappa shape index (κ2) is 7.91. The molecule has 0 bridgehead atoms. The number of hydrogen-bond donors (Lipinski definition) is 0. The minimum Gasteiger partial charge on any atom is -0.381 e. The highest BCUT2D eigenvalue weighted by Gasteiger charge is 2.45. The zero-order chi connectivity index (χ0) is 15.3.